The SMILES string of the molecule is CCC(O)c1ccc(OC(C)C(=O)N(CC)CC)cc1. The van der Waals surface area contributed by atoms with Crippen molar-refractivity contribution in [1.29, 1.82) is 0 Å². The molecule has 0 fully saturated rings. The largest absolute Gasteiger partial charge is 0.481 e. The summed E-state index contributed by atoms with van der Waals surface area (Å²) in [5.41, 5.74) is 0.863. The lowest BCUT2D eigenvalue weighted by Crippen LogP contribution is -2.40. The van der Waals surface area contributed by atoms with Crippen LogP contribution in [0.15, 0.2) is 24.3 Å². The standard InChI is InChI=1S/C16H25NO3/c1-5-15(18)13-8-10-14(11-9-13)20-12(4)16(19)17(6-2)7-3/h8-12,15,18H,5-7H2,1-4H3. The van der Waals surface area contributed by atoms with Crippen LogP contribution in [0, 0.1) is 0 Å². The highest BCUT2D eigenvalue weighted by Gasteiger charge is 2.19. The lowest BCUT2D eigenvalue weighted by molar-refractivity contribution is -0.137. The Labute approximate surface area is 121 Å². The molecule has 112 valence electrons. The molecule has 1 N–H and O–H groups in total. The van der Waals surface area contributed by atoms with Gasteiger partial charge in [0.2, 0.25) is 0 Å². The smallest absolute Gasteiger partial charge is 0.263 e. The molecule has 0 aromatic heterocycles. The minimum absolute atomic E-state index is 0.00679. The van der Waals surface area contributed by atoms with Crippen LogP contribution in [-0.4, -0.2) is 35.1 Å². The van der Waals surface area contributed by atoms with Crippen LogP contribution >= 0.6 is 0 Å². The van der Waals surface area contributed by atoms with Gasteiger partial charge in [-0.3, -0.25) is 4.79 Å². The maximum atomic E-state index is 12.1. The summed E-state index contributed by atoms with van der Waals surface area (Å²) in [6.45, 7) is 8.97. The lowest BCUT2D eigenvalue weighted by atomic mass is 10.1. The highest BCUT2D eigenvalue weighted by Crippen LogP contribution is 2.20. The molecule has 1 aromatic carbocycles. The van der Waals surface area contributed by atoms with Crippen molar-refractivity contribution in [2.75, 3.05) is 13.1 Å². The number of aliphatic hydroxyl groups excluding tert-OH is 1. The number of carbonyl (C=O) groups excluding carboxylic acids is 1. The quantitative estimate of drug-likeness (QED) is 0.835. The van der Waals surface area contributed by atoms with Gasteiger partial charge in [0.05, 0.1) is 6.10 Å². The molecule has 0 aliphatic rings. The predicted molar refractivity (Wildman–Crippen MR) is 79.7 cm³/mol. The van der Waals surface area contributed by atoms with Crippen LogP contribution in [0.4, 0.5) is 0 Å². The molecule has 4 heteroatoms. The van der Waals surface area contributed by atoms with Gasteiger partial charge in [-0.25, -0.2) is 0 Å². The Hall–Kier alpha value is -1.55. The Morgan fingerprint density at radius 2 is 1.75 bits per heavy atom. The second-order valence-electron chi connectivity index (χ2n) is 4.76. The zero-order valence-electron chi connectivity index (χ0n) is 12.8. The van der Waals surface area contributed by atoms with Crippen LogP contribution < -0.4 is 4.74 Å². The summed E-state index contributed by atoms with van der Waals surface area (Å²) in [6, 6.07) is 7.25. The topological polar surface area (TPSA) is 49.8 Å². The number of likely N-dealkylation sites (N-methyl/N-ethyl adjacent to an activating group) is 1. The first-order valence-electron chi connectivity index (χ1n) is 7.26. The fraction of sp³-hybridized carbons (Fsp3) is 0.562. The van der Waals surface area contributed by atoms with Crippen molar-refractivity contribution in [3.63, 3.8) is 0 Å². The molecule has 0 heterocycles. The van der Waals surface area contributed by atoms with Crippen molar-refractivity contribution < 1.29 is 14.6 Å². The van der Waals surface area contributed by atoms with Gasteiger partial charge in [0.1, 0.15) is 5.75 Å². The van der Waals surface area contributed by atoms with Gasteiger partial charge in [-0.15, -0.1) is 0 Å². The predicted octanol–water partition coefficient (Wildman–Crippen LogP) is 2.77. The zero-order chi connectivity index (χ0) is 15.1. The maximum absolute atomic E-state index is 12.1. The van der Waals surface area contributed by atoms with E-state index in [9.17, 15) is 9.90 Å². The highest BCUT2D eigenvalue weighted by atomic mass is 16.5. The zero-order valence-corrected chi connectivity index (χ0v) is 12.8. The molecule has 1 aromatic rings. The van der Waals surface area contributed by atoms with Crippen LogP contribution in [0.5, 0.6) is 5.75 Å². The summed E-state index contributed by atoms with van der Waals surface area (Å²) in [5.74, 6) is 0.637. The summed E-state index contributed by atoms with van der Waals surface area (Å²) in [4.78, 5) is 13.8. The molecule has 2 unspecified atom stereocenters. The van der Waals surface area contributed by atoms with E-state index in [0.29, 0.717) is 25.3 Å². The summed E-state index contributed by atoms with van der Waals surface area (Å²) >= 11 is 0. The van der Waals surface area contributed by atoms with E-state index in [0.717, 1.165) is 5.56 Å². The van der Waals surface area contributed by atoms with Crippen molar-refractivity contribution in [1.82, 2.24) is 4.90 Å². The number of amides is 1. The normalized spacial score (nSPS) is 13.7. The van der Waals surface area contributed by atoms with E-state index in [2.05, 4.69) is 0 Å². The molecule has 0 saturated carbocycles. The average Bonchev–Trinajstić information content (AvgIpc) is 2.48. The molecule has 0 aliphatic heterocycles. The number of carbonyl (C=O) groups is 1. The number of benzene rings is 1. The molecule has 0 saturated heterocycles. The molecule has 0 bridgehead atoms. The van der Waals surface area contributed by atoms with Crippen LogP contribution in [0.3, 0.4) is 0 Å². The second-order valence-corrected chi connectivity index (χ2v) is 4.76. The van der Waals surface area contributed by atoms with Crippen molar-refractivity contribution >= 4 is 5.91 Å². The third-order valence-corrected chi connectivity index (χ3v) is 3.39. The summed E-state index contributed by atoms with van der Waals surface area (Å²) in [6.07, 6.45) is -0.271. The molecule has 1 amide bonds. The van der Waals surface area contributed by atoms with E-state index in [1.165, 1.54) is 0 Å². The first-order chi connectivity index (χ1) is 9.53. The van der Waals surface area contributed by atoms with Crippen LogP contribution in [0.1, 0.15) is 45.8 Å². The number of ether oxygens (including phenoxy) is 1. The molecule has 0 aliphatic carbocycles. The van der Waals surface area contributed by atoms with E-state index in [4.69, 9.17) is 4.74 Å². The molecule has 20 heavy (non-hydrogen) atoms. The Balaban J connectivity index is 2.66. The second kappa shape index (κ2) is 7.90. The van der Waals surface area contributed by atoms with Gasteiger partial charge < -0.3 is 14.7 Å². The molecular weight excluding hydrogens is 254 g/mol. The molecule has 2 atom stereocenters. The third kappa shape index (κ3) is 4.23. The average molecular weight is 279 g/mol. The monoisotopic (exact) mass is 279 g/mol. The van der Waals surface area contributed by atoms with Crippen molar-refractivity contribution in [3.05, 3.63) is 29.8 Å². The van der Waals surface area contributed by atoms with E-state index < -0.39 is 12.2 Å². The van der Waals surface area contributed by atoms with Gasteiger partial charge in [-0.2, -0.15) is 0 Å². The maximum Gasteiger partial charge on any atom is 0.263 e. The fourth-order valence-electron chi connectivity index (χ4n) is 2.05. The Bertz CT molecular complexity index is 412. The van der Waals surface area contributed by atoms with Crippen LogP contribution in [-0.2, 0) is 4.79 Å². The van der Waals surface area contributed by atoms with Crippen LogP contribution in [0.25, 0.3) is 0 Å². The van der Waals surface area contributed by atoms with E-state index in [-0.39, 0.29) is 5.91 Å². The molecule has 4 nitrogen and oxygen atoms in total. The van der Waals surface area contributed by atoms with Gasteiger partial charge in [0, 0.05) is 13.1 Å². The van der Waals surface area contributed by atoms with Crippen LogP contribution in [0.2, 0.25) is 0 Å². The van der Waals surface area contributed by atoms with E-state index in [1.807, 2.05) is 32.9 Å². The van der Waals surface area contributed by atoms with Gasteiger partial charge in [0.25, 0.3) is 5.91 Å². The number of rotatable bonds is 7. The number of hydrogen-bond acceptors (Lipinski definition) is 3. The molecular formula is C16H25NO3. The molecule has 0 radical (unpaired) electrons. The van der Waals surface area contributed by atoms with Gasteiger partial charge >= 0.3 is 0 Å². The first-order valence-corrected chi connectivity index (χ1v) is 7.26. The Morgan fingerprint density at radius 3 is 2.20 bits per heavy atom. The summed E-state index contributed by atoms with van der Waals surface area (Å²) < 4.78 is 5.66. The van der Waals surface area contributed by atoms with Gasteiger partial charge in [-0.05, 0) is 44.9 Å². The minimum Gasteiger partial charge on any atom is -0.481 e. The van der Waals surface area contributed by atoms with Crippen molar-refractivity contribution in [2.45, 2.75) is 46.3 Å². The van der Waals surface area contributed by atoms with Crippen molar-refractivity contribution in [2.24, 2.45) is 0 Å². The van der Waals surface area contributed by atoms with E-state index in [1.54, 1.807) is 24.0 Å². The minimum atomic E-state index is -0.503. The Morgan fingerprint density at radius 1 is 1.20 bits per heavy atom. The number of hydrogen-bond donors (Lipinski definition) is 1. The van der Waals surface area contributed by atoms with Crippen molar-refractivity contribution in [3.8, 4) is 5.75 Å². The first kappa shape index (κ1) is 16.5. The highest BCUT2D eigenvalue weighted by molar-refractivity contribution is 5.80. The van der Waals surface area contributed by atoms with Gasteiger partial charge in [0.15, 0.2) is 6.10 Å². The molecule has 0 spiro atoms. The summed E-state index contributed by atoms with van der Waals surface area (Å²) in [5, 5.41) is 9.73. The molecule has 1 rings (SSSR count). The number of aliphatic hydroxyl groups is 1. The van der Waals surface area contributed by atoms with E-state index >= 15 is 0 Å². The lowest BCUT2D eigenvalue weighted by Gasteiger charge is -2.23. The fourth-order valence-corrected chi connectivity index (χ4v) is 2.05. The van der Waals surface area contributed by atoms with Gasteiger partial charge in [-0.1, -0.05) is 19.1 Å². The third-order valence-electron chi connectivity index (χ3n) is 3.39. The number of nitrogens with zero attached hydrogens (tertiary/aromatic N) is 1. The Kier molecular flexibility index (Phi) is 6.52. The summed E-state index contributed by atoms with van der Waals surface area (Å²) in [7, 11) is 0.